The van der Waals surface area contributed by atoms with E-state index < -0.39 is 4.92 Å². The second-order valence-corrected chi connectivity index (χ2v) is 5.83. The van der Waals surface area contributed by atoms with Gasteiger partial charge in [0.25, 0.3) is 11.6 Å². The number of rotatable bonds is 4. The Bertz CT molecular complexity index is 858. The van der Waals surface area contributed by atoms with Crippen LogP contribution in [-0.2, 0) is 0 Å². The normalized spacial score (nSPS) is 10.7. The average Bonchev–Trinajstić information content (AvgIpc) is 2.99. The van der Waals surface area contributed by atoms with Gasteiger partial charge in [0.05, 0.1) is 15.1 Å². The molecule has 1 aromatic heterocycles. The van der Waals surface area contributed by atoms with Crippen molar-refractivity contribution >= 4 is 38.3 Å². The SMILES string of the molecule is CCN(C(=O)c1cccc([N+](=O)[O-])c1)c1nc2ccccc2s1. The summed E-state index contributed by atoms with van der Waals surface area (Å²) >= 11 is 1.42. The van der Waals surface area contributed by atoms with Crippen LogP contribution < -0.4 is 4.90 Å². The first-order chi connectivity index (χ1) is 11.1. The van der Waals surface area contributed by atoms with Crippen LogP contribution in [0.3, 0.4) is 0 Å². The zero-order valence-corrected chi connectivity index (χ0v) is 13.1. The maximum atomic E-state index is 12.7. The highest BCUT2D eigenvalue weighted by atomic mass is 32.1. The molecule has 0 fully saturated rings. The van der Waals surface area contributed by atoms with Crippen LogP contribution in [0.25, 0.3) is 10.2 Å². The lowest BCUT2D eigenvalue weighted by Crippen LogP contribution is -2.30. The Morgan fingerprint density at radius 2 is 2.04 bits per heavy atom. The Morgan fingerprint density at radius 1 is 1.26 bits per heavy atom. The first kappa shape index (κ1) is 15.1. The van der Waals surface area contributed by atoms with Crippen LogP contribution in [0.1, 0.15) is 17.3 Å². The van der Waals surface area contributed by atoms with E-state index in [4.69, 9.17) is 0 Å². The Morgan fingerprint density at radius 3 is 2.74 bits per heavy atom. The van der Waals surface area contributed by atoms with Crippen LogP contribution in [0.5, 0.6) is 0 Å². The number of hydrogen-bond acceptors (Lipinski definition) is 5. The third kappa shape index (κ3) is 2.91. The molecular weight excluding hydrogens is 314 g/mol. The molecular formula is C16H13N3O3S. The topological polar surface area (TPSA) is 76.3 Å². The Kier molecular flexibility index (Phi) is 4.03. The molecule has 0 radical (unpaired) electrons. The lowest BCUT2D eigenvalue weighted by Gasteiger charge is -2.17. The van der Waals surface area contributed by atoms with Gasteiger partial charge in [0.1, 0.15) is 0 Å². The molecule has 0 aliphatic rings. The highest BCUT2D eigenvalue weighted by Crippen LogP contribution is 2.29. The molecule has 3 aromatic rings. The number of amides is 1. The molecule has 3 rings (SSSR count). The zero-order valence-electron chi connectivity index (χ0n) is 12.3. The van der Waals surface area contributed by atoms with Crippen molar-refractivity contribution in [2.24, 2.45) is 0 Å². The first-order valence-electron chi connectivity index (χ1n) is 7.02. The number of nitro benzene ring substituents is 1. The molecule has 2 aromatic carbocycles. The number of nitro groups is 1. The summed E-state index contributed by atoms with van der Waals surface area (Å²) in [5.41, 5.74) is 1.01. The third-order valence-corrected chi connectivity index (χ3v) is 4.44. The van der Waals surface area contributed by atoms with E-state index in [0.29, 0.717) is 11.7 Å². The smallest absolute Gasteiger partial charge is 0.270 e. The minimum Gasteiger partial charge on any atom is -0.284 e. The molecule has 0 aliphatic heterocycles. The van der Waals surface area contributed by atoms with Crippen LogP contribution in [0.4, 0.5) is 10.8 Å². The molecule has 1 heterocycles. The number of carbonyl (C=O) groups excluding carboxylic acids is 1. The predicted molar refractivity (Wildman–Crippen MR) is 90.1 cm³/mol. The zero-order chi connectivity index (χ0) is 16.4. The second kappa shape index (κ2) is 6.13. The summed E-state index contributed by atoms with van der Waals surface area (Å²) in [6, 6.07) is 13.4. The quantitative estimate of drug-likeness (QED) is 0.538. The second-order valence-electron chi connectivity index (χ2n) is 4.82. The molecule has 0 aliphatic carbocycles. The summed E-state index contributed by atoms with van der Waals surface area (Å²) < 4.78 is 0.993. The fraction of sp³-hybridized carbons (Fsp3) is 0.125. The molecule has 0 saturated heterocycles. The number of aromatic nitrogens is 1. The van der Waals surface area contributed by atoms with E-state index in [1.54, 1.807) is 6.07 Å². The fourth-order valence-corrected chi connectivity index (χ4v) is 3.28. The van der Waals surface area contributed by atoms with Gasteiger partial charge in [0.2, 0.25) is 0 Å². The molecule has 0 N–H and O–H groups in total. The predicted octanol–water partition coefficient (Wildman–Crippen LogP) is 3.87. The van der Waals surface area contributed by atoms with E-state index in [1.807, 2.05) is 31.2 Å². The number of para-hydroxylation sites is 1. The van der Waals surface area contributed by atoms with Crippen molar-refractivity contribution in [3.8, 4) is 0 Å². The number of non-ortho nitro benzene ring substituents is 1. The number of nitrogens with zero attached hydrogens (tertiary/aromatic N) is 3. The van der Waals surface area contributed by atoms with Crippen molar-refractivity contribution in [3.63, 3.8) is 0 Å². The number of anilines is 1. The standard InChI is InChI=1S/C16H13N3O3S/c1-2-18(16-17-13-8-3-4-9-14(13)23-16)15(20)11-6-5-7-12(10-11)19(21)22/h3-10H,2H2,1H3. The molecule has 7 heteroatoms. The molecule has 0 atom stereocenters. The van der Waals surface area contributed by atoms with E-state index >= 15 is 0 Å². The maximum Gasteiger partial charge on any atom is 0.270 e. The van der Waals surface area contributed by atoms with Gasteiger partial charge in [-0.05, 0) is 25.1 Å². The lowest BCUT2D eigenvalue weighted by atomic mass is 10.2. The summed E-state index contributed by atoms with van der Waals surface area (Å²) in [5.74, 6) is -0.296. The lowest BCUT2D eigenvalue weighted by molar-refractivity contribution is -0.384. The van der Waals surface area contributed by atoms with Gasteiger partial charge in [0.15, 0.2) is 5.13 Å². The molecule has 0 unspecified atom stereocenters. The van der Waals surface area contributed by atoms with Gasteiger partial charge in [-0.3, -0.25) is 19.8 Å². The highest BCUT2D eigenvalue weighted by Gasteiger charge is 2.21. The molecule has 0 saturated carbocycles. The molecule has 116 valence electrons. The van der Waals surface area contributed by atoms with Gasteiger partial charge < -0.3 is 0 Å². The maximum absolute atomic E-state index is 12.7. The minimum absolute atomic E-state index is 0.101. The Balaban J connectivity index is 1.98. The minimum atomic E-state index is -0.509. The average molecular weight is 327 g/mol. The monoisotopic (exact) mass is 327 g/mol. The van der Waals surface area contributed by atoms with Gasteiger partial charge >= 0.3 is 0 Å². The fourth-order valence-electron chi connectivity index (χ4n) is 2.25. The molecule has 1 amide bonds. The number of fused-ring (bicyclic) bond motifs is 1. The van der Waals surface area contributed by atoms with Gasteiger partial charge in [-0.15, -0.1) is 0 Å². The Hall–Kier alpha value is -2.80. The summed E-state index contributed by atoms with van der Waals surface area (Å²) in [6.07, 6.45) is 0. The van der Waals surface area contributed by atoms with E-state index in [-0.39, 0.29) is 17.2 Å². The Labute approximate surface area is 136 Å². The summed E-state index contributed by atoms with van der Waals surface area (Å²) in [4.78, 5) is 29.1. The van der Waals surface area contributed by atoms with Crippen LogP contribution >= 0.6 is 11.3 Å². The van der Waals surface area contributed by atoms with Crippen molar-refractivity contribution in [1.82, 2.24) is 4.98 Å². The summed E-state index contributed by atoms with van der Waals surface area (Å²) in [7, 11) is 0. The third-order valence-electron chi connectivity index (χ3n) is 3.38. The van der Waals surface area contributed by atoms with E-state index in [2.05, 4.69) is 4.98 Å². The first-order valence-corrected chi connectivity index (χ1v) is 7.83. The van der Waals surface area contributed by atoms with Crippen LogP contribution in [-0.4, -0.2) is 22.4 Å². The van der Waals surface area contributed by atoms with Crippen LogP contribution in [0.2, 0.25) is 0 Å². The van der Waals surface area contributed by atoms with E-state index in [0.717, 1.165) is 10.2 Å². The number of benzene rings is 2. The van der Waals surface area contributed by atoms with Crippen molar-refractivity contribution in [3.05, 3.63) is 64.2 Å². The van der Waals surface area contributed by atoms with Crippen molar-refractivity contribution in [2.75, 3.05) is 11.4 Å². The molecule has 0 spiro atoms. The highest BCUT2D eigenvalue weighted by molar-refractivity contribution is 7.22. The van der Waals surface area contributed by atoms with Crippen molar-refractivity contribution in [2.45, 2.75) is 6.92 Å². The van der Waals surface area contributed by atoms with E-state index in [9.17, 15) is 14.9 Å². The number of hydrogen-bond donors (Lipinski definition) is 0. The van der Waals surface area contributed by atoms with Crippen molar-refractivity contribution < 1.29 is 9.72 Å². The molecule has 0 bridgehead atoms. The van der Waals surface area contributed by atoms with Crippen LogP contribution in [0, 0.1) is 10.1 Å². The van der Waals surface area contributed by atoms with Crippen molar-refractivity contribution in [1.29, 1.82) is 0 Å². The largest absolute Gasteiger partial charge is 0.284 e. The van der Waals surface area contributed by atoms with Gasteiger partial charge in [-0.2, -0.15) is 0 Å². The number of carbonyl (C=O) groups is 1. The van der Waals surface area contributed by atoms with Gasteiger partial charge in [0, 0.05) is 24.2 Å². The van der Waals surface area contributed by atoms with Crippen LogP contribution in [0.15, 0.2) is 48.5 Å². The molecule has 23 heavy (non-hydrogen) atoms. The molecule has 6 nitrogen and oxygen atoms in total. The summed E-state index contributed by atoms with van der Waals surface area (Å²) in [6.45, 7) is 2.28. The summed E-state index contributed by atoms with van der Waals surface area (Å²) in [5, 5.41) is 11.5. The van der Waals surface area contributed by atoms with E-state index in [1.165, 1.54) is 34.4 Å². The van der Waals surface area contributed by atoms with Gasteiger partial charge in [-0.25, -0.2) is 4.98 Å². The number of thiazole rings is 1. The van der Waals surface area contributed by atoms with Gasteiger partial charge in [-0.1, -0.05) is 29.5 Å².